The largest absolute Gasteiger partial charge is 0.375 e. The molecule has 0 aromatic carbocycles. The van der Waals surface area contributed by atoms with Crippen LogP contribution in [-0.2, 0) is 0 Å². The van der Waals surface area contributed by atoms with Gasteiger partial charge in [0.05, 0.1) is 16.0 Å². The fourth-order valence-electron chi connectivity index (χ4n) is 0.669. The van der Waals surface area contributed by atoms with Crippen LogP contribution in [0.5, 0.6) is 0 Å². The van der Waals surface area contributed by atoms with Gasteiger partial charge in [-0.3, -0.25) is 15.5 Å². The molecule has 0 radical (unpaired) electrons. The van der Waals surface area contributed by atoms with Crippen molar-refractivity contribution in [2.45, 2.75) is 0 Å². The Morgan fingerprint density at radius 3 is 3.00 bits per heavy atom. The number of thiocarbonyl (C=S) groups is 1. The number of rotatable bonds is 3. The van der Waals surface area contributed by atoms with Gasteiger partial charge in [-0.25, -0.2) is 0 Å². The first-order chi connectivity index (χ1) is 6.59. The summed E-state index contributed by atoms with van der Waals surface area (Å²) < 4.78 is 0. The van der Waals surface area contributed by atoms with Crippen molar-refractivity contribution in [1.29, 1.82) is 0 Å². The highest BCUT2D eigenvalue weighted by atomic mass is 32.1. The van der Waals surface area contributed by atoms with Gasteiger partial charge in [-0.15, -0.1) is 0 Å². The second-order valence-electron chi connectivity index (χ2n) is 2.17. The number of hydrogen-bond donors (Lipinski definition) is 2. The summed E-state index contributed by atoms with van der Waals surface area (Å²) in [7, 11) is 0. The van der Waals surface area contributed by atoms with Gasteiger partial charge in [0.15, 0.2) is 5.11 Å². The van der Waals surface area contributed by atoms with Crippen molar-refractivity contribution in [3.63, 3.8) is 0 Å². The monoisotopic (exact) mass is 230 g/mol. The molecule has 0 saturated heterocycles. The summed E-state index contributed by atoms with van der Waals surface area (Å²) in [5.41, 5.74) is 7.46. The number of nitro groups is 1. The van der Waals surface area contributed by atoms with Gasteiger partial charge in [-0.2, -0.15) is 5.10 Å². The molecule has 3 N–H and O–H groups in total. The van der Waals surface area contributed by atoms with E-state index < -0.39 is 4.92 Å². The molecule has 0 aliphatic carbocycles. The first-order valence-corrected chi connectivity index (χ1v) is 4.65. The zero-order valence-electron chi connectivity index (χ0n) is 6.84. The maximum atomic E-state index is 10.3. The predicted octanol–water partition coefficient (Wildman–Crippen LogP) is 0.823. The summed E-state index contributed by atoms with van der Waals surface area (Å²) in [6.45, 7) is 0. The fraction of sp³-hybridized carbons (Fsp3) is 0. The van der Waals surface area contributed by atoms with E-state index in [2.05, 4.69) is 22.7 Å². The Morgan fingerprint density at radius 2 is 2.50 bits per heavy atom. The third-order valence-electron chi connectivity index (χ3n) is 1.16. The fourth-order valence-corrected chi connectivity index (χ4v) is 1.42. The van der Waals surface area contributed by atoms with E-state index in [4.69, 9.17) is 5.73 Å². The van der Waals surface area contributed by atoms with Crippen LogP contribution in [0, 0.1) is 10.1 Å². The molecule has 8 heteroatoms. The van der Waals surface area contributed by atoms with E-state index in [0.29, 0.717) is 4.88 Å². The molecule has 0 fully saturated rings. The average Bonchev–Trinajstić information content (AvgIpc) is 2.52. The van der Waals surface area contributed by atoms with Crippen LogP contribution in [0.25, 0.3) is 0 Å². The van der Waals surface area contributed by atoms with Gasteiger partial charge >= 0.3 is 5.00 Å². The Hall–Kier alpha value is -1.54. The normalized spacial score (nSPS) is 10.3. The van der Waals surface area contributed by atoms with E-state index in [1.165, 1.54) is 12.3 Å². The Bertz CT molecular complexity index is 387. The quantitative estimate of drug-likeness (QED) is 0.347. The average molecular weight is 230 g/mol. The van der Waals surface area contributed by atoms with Crippen LogP contribution >= 0.6 is 23.6 Å². The van der Waals surface area contributed by atoms with Crippen LogP contribution in [0.4, 0.5) is 5.00 Å². The lowest BCUT2D eigenvalue weighted by molar-refractivity contribution is -0.380. The van der Waals surface area contributed by atoms with Crippen LogP contribution in [-0.4, -0.2) is 16.3 Å². The lowest BCUT2D eigenvalue weighted by Gasteiger charge is -1.91. The first kappa shape index (κ1) is 10.5. The van der Waals surface area contributed by atoms with Crippen LogP contribution in [0.3, 0.4) is 0 Å². The first-order valence-electron chi connectivity index (χ1n) is 3.42. The molecular weight excluding hydrogens is 224 g/mol. The molecule has 0 saturated carbocycles. The number of nitrogens with zero attached hydrogens (tertiary/aromatic N) is 2. The van der Waals surface area contributed by atoms with Crippen LogP contribution in [0.15, 0.2) is 17.2 Å². The van der Waals surface area contributed by atoms with Gasteiger partial charge in [0.25, 0.3) is 0 Å². The number of hydrogen-bond acceptors (Lipinski definition) is 5. The second-order valence-corrected chi connectivity index (χ2v) is 3.70. The standard InChI is InChI=1S/C6H6N4O2S2/c7-6(13)9-8-3-4-1-2-5(14-4)10(11)12/h1-3H,(H3,7,9,13)/b8-3+. The summed E-state index contributed by atoms with van der Waals surface area (Å²) >= 11 is 5.53. The van der Waals surface area contributed by atoms with Crippen molar-refractivity contribution in [3.8, 4) is 0 Å². The van der Waals surface area contributed by atoms with Crippen molar-refractivity contribution >= 4 is 39.9 Å². The van der Waals surface area contributed by atoms with Crippen LogP contribution in [0.1, 0.15) is 4.88 Å². The van der Waals surface area contributed by atoms with Crippen molar-refractivity contribution < 1.29 is 4.92 Å². The topological polar surface area (TPSA) is 93.5 Å². The number of nitrogens with two attached hydrogens (primary N) is 1. The van der Waals surface area contributed by atoms with E-state index in [-0.39, 0.29) is 10.1 Å². The zero-order valence-corrected chi connectivity index (χ0v) is 8.47. The Morgan fingerprint density at radius 1 is 1.79 bits per heavy atom. The summed E-state index contributed by atoms with van der Waals surface area (Å²) in [6, 6.07) is 3.00. The minimum Gasteiger partial charge on any atom is -0.375 e. The number of thiophene rings is 1. The molecule has 0 aliphatic rings. The summed E-state index contributed by atoms with van der Waals surface area (Å²) in [5.74, 6) is 0. The molecule has 1 aromatic heterocycles. The van der Waals surface area contributed by atoms with Gasteiger partial charge in [0.1, 0.15) is 0 Å². The molecule has 0 spiro atoms. The smallest absolute Gasteiger partial charge is 0.324 e. The maximum absolute atomic E-state index is 10.3. The van der Waals surface area contributed by atoms with Crippen molar-refractivity contribution in [2.24, 2.45) is 10.8 Å². The molecule has 14 heavy (non-hydrogen) atoms. The van der Waals surface area contributed by atoms with Crippen molar-refractivity contribution in [3.05, 3.63) is 27.1 Å². The van der Waals surface area contributed by atoms with Crippen LogP contribution < -0.4 is 11.2 Å². The highest BCUT2D eigenvalue weighted by molar-refractivity contribution is 7.80. The lowest BCUT2D eigenvalue weighted by atomic mass is 10.5. The summed E-state index contributed by atoms with van der Waals surface area (Å²) in [4.78, 5) is 10.5. The van der Waals surface area contributed by atoms with E-state index in [0.717, 1.165) is 11.3 Å². The Kier molecular flexibility index (Phi) is 3.48. The second kappa shape index (κ2) is 4.63. The molecule has 1 aromatic rings. The molecule has 6 nitrogen and oxygen atoms in total. The zero-order chi connectivity index (χ0) is 10.6. The number of hydrazone groups is 1. The van der Waals surface area contributed by atoms with E-state index in [9.17, 15) is 10.1 Å². The lowest BCUT2D eigenvalue weighted by Crippen LogP contribution is -2.23. The van der Waals surface area contributed by atoms with E-state index in [1.54, 1.807) is 6.07 Å². The van der Waals surface area contributed by atoms with Gasteiger partial charge in [0, 0.05) is 6.07 Å². The highest BCUT2D eigenvalue weighted by Gasteiger charge is 2.07. The maximum Gasteiger partial charge on any atom is 0.324 e. The predicted molar refractivity (Wildman–Crippen MR) is 58.5 cm³/mol. The van der Waals surface area contributed by atoms with Crippen molar-refractivity contribution in [1.82, 2.24) is 5.43 Å². The SMILES string of the molecule is NC(=S)N/N=C/c1ccc([N+](=O)[O-])s1. The van der Waals surface area contributed by atoms with Gasteiger partial charge < -0.3 is 5.73 Å². The molecule has 0 atom stereocenters. The van der Waals surface area contributed by atoms with Crippen molar-refractivity contribution in [2.75, 3.05) is 0 Å². The number of nitrogens with one attached hydrogen (secondary N) is 1. The molecule has 1 rings (SSSR count). The molecule has 0 amide bonds. The molecule has 74 valence electrons. The molecule has 1 heterocycles. The van der Waals surface area contributed by atoms with Gasteiger partial charge in [0.2, 0.25) is 0 Å². The highest BCUT2D eigenvalue weighted by Crippen LogP contribution is 2.22. The minimum absolute atomic E-state index is 0.0484. The molecule has 0 unspecified atom stereocenters. The van der Waals surface area contributed by atoms with Gasteiger partial charge in [-0.05, 0) is 18.3 Å². The van der Waals surface area contributed by atoms with Crippen LogP contribution in [0.2, 0.25) is 0 Å². The summed E-state index contributed by atoms with van der Waals surface area (Å²) in [5, 5.41) is 14.1. The Balaban J connectivity index is 2.64. The molecule has 0 bridgehead atoms. The molecule has 0 aliphatic heterocycles. The third kappa shape index (κ3) is 3.07. The Labute approximate surface area is 88.6 Å². The van der Waals surface area contributed by atoms with E-state index >= 15 is 0 Å². The third-order valence-corrected chi connectivity index (χ3v) is 2.22. The van der Waals surface area contributed by atoms with Gasteiger partial charge in [-0.1, -0.05) is 11.3 Å². The summed E-state index contributed by atoms with van der Waals surface area (Å²) in [6.07, 6.45) is 1.41. The van der Waals surface area contributed by atoms with E-state index in [1.807, 2.05) is 0 Å². The minimum atomic E-state index is -0.455. The molecular formula is C6H6N4O2S2.